The number of piperidine rings is 1. The standard InChI is InChI=1S/C16H22ClN3O4/c1-24-9-8-19-6-4-12(5-7-19)11-18-16(21)14-3-2-13(20(22)23)10-15(14)17/h2-3,10,12H,4-9,11H2,1H3,(H,18,21). The lowest BCUT2D eigenvalue weighted by Gasteiger charge is -2.31. The number of hydrogen-bond donors (Lipinski definition) is 1. The second-order valence-electron chi connectivity index (χ2n) is 5.91. The van der Waals surface area contributed by atoms with E-state index in [2.05, 4.69) is 10.2 Å². The van der Waals surface area contributed by atoms with Gasteiger partial charge >= 0.3 is 0 Å². The number of nitro groups is 1. The highest BCUT2D eigenvalue weighted by atomic mass is 35.5. The van der Waals surface area contributed by atoms with E-state index in [1.54, 1.807) is 7.11 Å². The normalized spacial score (nSPS) is 16.1. The van der Waals surface area contributed by atoms with Gasteiger partial charge in [0, 0.05) is 32.3 Å². The maximum absolute atomic E-state index is 12.2. The maximum atomic E-state index is 12.2. The largest absolute Gasteiger partial charge is 0.383 e. The third kappa shape index (κ3) is 5.15. The lowest BCUT2D eigenvalue weighted by Crippen LogP contribution is -2.39. The van der Waals surface area contributed by atoms with E-state index in [1.165, 1.54) is 18.2 Å². The number of carbonyl (C=O) groups is 1. The van der Waals surface area contributed by atoms with E-state index in [1.807, 2.05) is 0 Å². The van der Waals surface area contributed by atoms with E-state index in [0.29, 0.717) is 12.5 Å². The second kappa shape index (κ2) is 8.96. The van der Waals surface area contributed by atoms with E-state index >= 15 is 0 Å². The van der Waals surface area contributed by atoms with Crippen LogP contribution in [0.25, 0.3) is 0 Å². The lowest BCUT2D eigenvalue weighted by molar-refractivity contribution is -0.384. The summed E-state index contributed by atoms with van der Waals surface area (Å²) in [4.78, 5) is 24.7. The van der Waals surface area contributed by atoms with Crippen molar-refractivity contribution in [3.05, 3.63) is 38.9 Å². The number of ether oxygens (including phenoxy) is 1. The van der Waals surface area contributed by atoms with Crippen molar-refractivity contribution in [2.75, 3.05) is 39.9 Å². The molecule has 8 heteroatoms. The summed E-state index contributed by atoms with van der Waals surface area (Å²) in [5, 5.41) is 13.7. The molecule has 0 atom stereocenters. The van der Waals surface area contributed by atoms with E-state index in [9.17, 15) is 14.9 Å². The van der Waals surface area contributed by atoms with Gasteiger partial charge in [0.2, 0.25) is 0 Å². The number of non-ortho nitro benzene ring substituents is 1. The summed E-state index contributed by atoms with van der Waals surface area (Å²) in [6, 6.07) is 3.88. The molecule has 1 aromatic rings. The van der Waals surface area contributed by atoms with E-state index in [4.69, 9.17) is 16.3 Å². The first-order valence-corrected chi connectivity index (χ1v) is 8.32. The Morgan fingerprint density at radius 3 is 2.75 bits per heavy atom. The summed E-state index contributed by atoms with van der Waals surface area (Å²) in [7, 11) is 1.70. The fraction of sp³-hybridized carbons (Fsp3) is 0.562. The first kappa shape index (κ1) is 18.6. The summed E-state index contributed by atoms with van der Waals surface area (Å²) in [6.45, 7) is 4.27. The molecule has 1 fully saturated rings. The third-order valence-corrected chi connectivity index (χ3v) is 4.59. The first-order valence-electron chi connectivity index (χ1n) is 7.94. The number of nitro benzene ring substituents is 1. The number of nitrogens with one attached hydrogen (secondary N) is 1. The van der Waals surface area contributed by atoms with Crippen molar-refractivity contribution < 1.29 is 14.5 Å². The Kier molecular flexibility index (Phi) is 6.96. The molecule has 0 radical (unpaired) electrons. The maximum Gasteiger partial charge on any atom is 0.270 e. The Morgan fingerprint density at radius 1 is 1.46 bits per heavy atom. The molecule has 1 aromatic carbocycles. The van der Waals surface area contributed by atoms with Gasteiger partial charge in [-0.15, -0.1) is 0 Å². The van der Waals surface area contributed by atoms with Gasteiger partial charge in [0.25, 0.3) is 11.6 Å². The Labute approximate surface area is 146 Å². The number of amides is 1. The van der Waals surface area contributed by atoms with Gasteiger partial charge in [-0.05, 0) is 37.9 Å². The molecule has 0 spiro atoms. The van der Waals surface area contributed by atoms with Crippen molar-refractivity contribution in [1.82, 2.24) is 10.2 Å². The Morgan fingerprint density at radius 2 is 2.17 bits per heavy atom. The van der Waals surface area contributed by atoms with Gasteiger partial charge in [0.1, 0.15) is 0 Å². The highest BCUT2D eigenvalue weighted by Crippen LogP contribution is 2.23. The fourth-order valence-corrected chi connectivity index (χ4v) is 3.03. The molecule has 1 heterocycles. The van der Waals surface area contributed by atoms with E-state index < -0.39 is 4.92 Å². The van der Waals surface area contributed by atoms with Gasteiger partial charge in [0.05, 0.1) is 22.1 Å². The predicted molar refractivity (Wildman–Crippen MR) is 91.5 cm³/mol. The highest BCUT2D eigenvalue weighted by Gasteiger charge is 2.20. The quantitative estimate of drug-likeness (QED) is 0.599. The van der Waals surface area contributed by atoms with Crippen LogP contribution in [0, 0.1) is 16.0 Å². The van der Waals surface area contributed by atoms with Crippen LogP contribution in [0.1, 0.15) is 23.2 Å². The van der Waals surface area contributed by atoms with Gasteiger partial charge in [-0.1, -0.05) is 11.6 Å². The molecule has 7 nitrogen and oxygen atoms in total. The monoisotopic (exact) mass is 355 g/mol. The van der Waals surface area contributed by atoms with Crippen molar-refractivity contribution in [2.24, 2.45) is 5.92 Å². The Balaban J connectivity index is 1.81. The second-order valence-corrected chi connectivity index (χ2v) is 6.32. The molecule has 0 aliphatic carbocycles. The van der Waals surface area contributed by atoms with Crippen molar-refractivity contribution in [3.8, 4) is 0 Å². The summed E-state index contributed by atoms with van der Waals surface area (Å²) in [5.74, 6) is 0.140. The molecular weight excluding hydrogens is 334 g/mol. The van der Waals surface area contributed by atoms with Crippen LogP contribution in [-0.2, 0) is 4.74 Å². The van der Waals surface area contributed by atoms with Crippen molar-refractivity contribution in [1.29, 1.82) is 0 Å². The molecular formula is C16H22ClN3O4. The van der Waals surface area contributed by atoms with Crippen molar-refractivity contribution in [3.63, 3.8) is 0 Å². The van der Waals surface area contributed by atoms with Crippen molar-refractivity contribution >= 4 is 23.2 Å². The van der Waals surface area contributed by atoms with Gasteiger partial charge in [-0.3, -0.25) is 14.9 Å². The van der Waals surface area contributed by atoms with Crippen LogP contribution in [0.5, 0.6) is 0 Å². The van der Waals surface area contributed by atoms with E-state index in [0.717, 1.165) is 39.1 Å². The molecule has 1 aliphatic rings. The molecule has 1 amide bonds. The van der Waals surface area contributed by atoms with Crippen LogP contribution < -0.4 is 5.32 Å². The Hall–Kier alpha value is -1.70. The minimum Gasteiger partial charge on any atom is -0.383 e. The minimum atomic E-state index is -0.537. The average Bonchev–Trinajstić information content (AvgIpc) is 2.58. The van der Waals surface area contributed by atoms with Crippen molar-refractivity contribution in [2.45, 2.75) is 12.8 Å². The summed E-state index contributed by atoms with van der Waals surface area (Å²) in [6.07, 6.45) is 2.05. The number of methoxy groups -OCH3 is 1. The van der Waals surface area contributed by atoms with Gasteiger partial charge in [-0.25, -0.2) is 0 Å². The zero-order valence-electron chi connectivity index (χ0n) is 13.7. The zero-order valence-corrected chi connectivity index (χ0v) is 14.4. The number of nitrogens with zero attached hydrogens (tertiary/aromatic N) is 2. The Bertz CT molecular complexity index is 589. The molecule has 0 aromatic heterocycles. The zero-order chi connectivity index (χ0) is 17.5. The SMILES string of the molecule is COCCN1CCC(CNC(=O)c2ccc([N+](=O)[O-])cc2Cl)CC1. The topological polar surface area (TPSA) is 84.7 Å². The average molecular weight is 356 g/mol. The lowest BCUT2D eigenvalue weighted by atomic mass is 9.96. The number of halogens is 1. The molecule has 24 heavy (non-hydrogen) atoms. The summed E-state index contributed by atoms with van der Waals surface area (Å²) in [5.41, 5.74) is 0.139. The minimum absolute atomic E-state index is 0.0936. The molecule has 0 unspecified atom stereocenters. The summed E-state index contributed by atoms with van der Waals surface area (Å²) >= 11 is 5.97. The van der Waals surface area contributed by atoms with Crippen LogP contribution in [-0.4, -0.2) is 55.6 Å². The molecule has 132 valence electrons. The smallest absolute Gasteiger partial charge is 0.270 e. The number of benzene rings is 1. The van der Waals surface area contributed by atoms with Crippen LogP contribution in [0.2, 0.25) is 5.02 Å². The fourth-order valence-electron chi connectivity index (χ4n) is 2.77. The number of carbonyl (C=O) groups excluding carboxylic acids is 1. The van der Waals surface area contributed by atoms with Gasteiger partial charge in [-0.2, -0.15) is 0 Å². The van der Waals surface area contributed by atoms with Crippen LogP contribution >= 0.6 is 11.6 Å². The van der Waals surface area contributed by atoms with Crippen LogP contribution in [0.3, 0.4) is 0 Å². The summed E-state index contributed by atoms with van der Waals surface area (Å²) < 4.78 is 5.08. The number of rotatable bonds is 7. The molecule has 1 N–H and O–H groups in total. The van der Waals surface area contributed by atoms with Crippen LogP contribution in [0.4, 0.5) is 5.69 Å². The molecule has 2 rings (SSSR count). The molecule has 0 saturated carbocycles. The number of hydrogen-bond acceptors (Lipinski definition) is 5. The molecule has 1 aliphatic heterocycles. The first-order chi connectivity index (χ1) is 11.5. The van der Waals surface area contributed by atoms with Gasteiger partial charge in [0.15, 0.2) is 0 Å². The third-order valence-electron chi connectivity index (χ3n) is 4.28. The highest BCUT2D eigenvalue weighted by molar-refractivity contribution is 6.34. The van der Waals surface area contributed by atoms with E-state index in [-0.39, 0.29) is 22.2 Å². The molecule has 1 saturated heterocycles. The van der Waals surface area contributed by atoms with Gasteiger partial charge < -0.3 is 15.0 Å². The predicted octanol–water partition coefficient (Wildman–Crippen LogP) is 2.34. The number of likely N-dealkylation sites (tertiary alicyclic amines) is 1. The van der Waals surface area contributed by atoms with Crippen LogP contribution in [0.15, 0.2) is 18.2 Å². The molecule has 0 bridgehead atoms.